The molecule has 16 heavy (non-hydrogen) atoms. The van der Waals surface area contributed by atoms with E-state index in [0.717, 1.165) is 37.9 Å². The maximum Gasteiger partial charge on any atom is 0.207 e. The number of unbranched alkanes of at least 4 members (excludes halogenated alkanes) is 1. The van der Waals surface area contributed by atoms with Crippen molar-refractivity contribution in [2.24, 2.45) is 0 Å². The molecular weight excluding hydrogens is 224 g/mol. The zero-order chi connectivity index (χ0) is 11.8. The van der Waals surface area contributed by atoms with Crippen LogP contribution in [0.4, 0.5) is 0 Å². The van der Waals surface area contributed by atoms with Gasteiger partial charge in [0, 0.05) is 12.2 Å². The Morgan fingerprint density at radius 2 is 2.31 bits per heavy atom. The summed E-state index contributed by atoms with van der Waals surface area (Å²) in [4.78, 5) is 14.3. The minimum absolute atomic E-state index is 0.412. The number of pyridine rings is 1. The van der Waals surface area contributed by atoms with E-state index in [2.05, 4.69) is 17.2 Å². The molecule has 0 bridgehead atoms. The summed E-state index contributed by atoms with van der Waals surface area (Å²) in [7, 11) is 0. The van der Waals surface area contributed by atoms with Gasteiger partial charge in [-0.15, -0.1) is 0 Å². The first-order chi connectivity index (χ1) is 7.74. The Morgan fingerprint density at radius 3 is 3.00 bits per heavy atom. The fourth-order valence-corrected chi connectivity index (χ4v) is 1.75. The minimum Gasteiger partial charge on any atom is -0.359 e. The van der Waals surface area contributed by atoms with E-state index in [9.17, 15) is 4.79 Å². The Bertz CT molecular complexity index is 331. The van der Waals surface area contributed by atoms with Gasteiger partial charge in [-0.2, -0.15) is 0 Å². The van der Waals surface area contributed by atoms with Crippen molar-refractivity contribution in [1.82, 2.24) is 10.3 Å². The number of carbonyl (C=O) groups excluding carboxylic acids is 1. The van der Waals surface area contributed by atoms with Crippen molar-refractivity contribution >= 4 is 18.0 Å². The van der Waals surface area contributed by atoms with Gasteiger partial charge in [0.2, 0.25) is 6.41 Å². The van der Waals surface area contributed by atoms with E-state index >= 15 is 0 Å². The number of nitrogens with zero attached hydrogens (tertiary/aromatic N) is 1. The molecule has 0 spiro atoms. The Kier molecular flexibility index (Phi) is 5.86. The number of rotatable bonds is 7. The van der Waals surface area contributed by atoms with Crippen LogP contribution in [0.3, 0.4) is 0 Å². The zero-order valence-electron chi connectivity index (χ0n) is 9.45. The highest BCUT2D eigenvalue weighted by Gasteiger charge is 2.06. The number of halogens is 1. The number of hydrogen-bond donors (Lipinski definition) is 1. The highest BCUT2D eigenvalue weighted by atomic mass is 35.5. The summed E-state index contributed by atoms with van der Waals surface area (Å²) in [5.74, 6) is 0.412. The maximum absolute atomic E-state index is 10.0. The average Bonchev–Trinajstić information content (AvgIpc) is 2.28. The lowest BCUT2D eigenvalue weighted by molar-refractivity contribution is -0.109. The van der Waals surface area contributed by atoms with Crippen LogP contribution >= 0.6 is 11.6 Å². The first-order valence-electron chi connectivity index (χ1n) is 5.53. The molecular formula is C12H17ClN2O. The molecule has 1 aromatic heterocycles. The minimum atomic E-state index is 0.412. The second kappa shape index (κ2) is 7.23. The fraction of sp³-hybridized carbons (Fsp3) is 0.500. The summed E-state index contributed by atoms with van der Waals surface area (Å²) in [6.07, 6.45) is 3.88. The van der Waals surface area contributed by atoms with Gasteiger partial charge in [0.15, 0.2) is 0 Å². The summed E-state index contributed by atoms with van der Waals surface area (Å²) in [6, 6.07) is 5.71. The Balaban J connectivity index is 2.29. The summed E-state index contributed by atoms with van der Waals surface area (Å²) in [5, 5.41) is 3.20. The highest BCUT2D eigenvalue weighted by molar-refractivity contribution is 6.29. The van der Waals surface area contributed by atoms with Crippen LogP contribution < -0.4 is 5.32 Å². The van der Waals surface area contributed by atoms with Crippen LogP contribution in [0.1, 0.15) is 37.8 Å². The Hall–Kier alpha value is -1.09. The third-order valence-corrected chi connectivity index (χ3v) is 2.74. The van der Waals surface area contributed by atoms with Crippen molar-refractivity contribution in [2.45, 2.75) is 32.1 Å². The van der Waals surface area contributed by atoms with E-state index < -0.39 is 0 Å². The second-order valence-corrected chi connectivity index (χ2v) is 4.24. The number of amides is 1. The molecule has 88 valence electrons. The van der Waals surface area contributed by atoms with Crippen molar-refractivity contribution in [3.8, 4) is 0 Å². The summed E-state index contributed by atoms with van der Waals surface area (Å²) in [6.45, 7) is 2.89. The number of carbonyl (C=O) groups is 1. The number of aromatic nitrogens is 1. The molecule has 1 heterocycles. The van der Waals surface area contributed by atoms with Crippen molar-refractivity contribution < 1.29 is 4.79 Å². The maximum atomic E-state index is 10.0. The third kappa shape index (κ3) is 4.62. The van der Waals surface area contributed by atoms with Crippen LogP contribution in [0.15, 0.2) is 18.2 Å². The first kappa shape index (κ1) is 13.0. The van der Waals surface area contributed by atoms with E-state index in [0.29, 0.717) is 11.1 Å². The van der Waals surface area contributed by atoms with Gasteiger partial charge in [0.1, 0.15) is 5.15 Å². The smallest absolute Gasteiger partial charge is 0.207 e. The summed E-state index contributed by atoms with van der Waals surface area (Å²) in [5.41, 5.74) is 1.04. The van der Waals surface area contributed by atoms with E-state index in [1.54, 1.807) is 6.07 Å². The SMILES string of the molecule is CC(CCCCNC=O)c1cccc(Cl)n1. The van der Waals surface area contributed by atoms with Gasteiger partial charge in [0.25, 0.3) is 0 Å². The van der Waals surface area contributed by atoms with Gasteiger partial charge < -0.3 is 5.32 Å². The fourth-order valence-electron chi connectivity index (χ4n) is 1.58. The van der Waals surface area contributed by atoms with E-state index in [-0.39, 0.29) is 0 Å². The molecule has 1 atom stereocenters. The molecule has 0 saturated carbocycles. The van der Waals surface area contributed by atoms with Gasteiger partial charge in [-0.05, 0) is 30.9 Å². The molecule has 0 aliphatic heterocycles. The normalized spacial score (nSPS) is 12.1. The lowest BCUT2D eigenvalue weighted by Crippen LogP contribution is -2.12. The van der Waals surface area contributed by atoms with Gasteiger partial charge in [-0.25, -0.2) is 4.98 Å². The van der Waals surface area contributed by atoms with Gasteiger partial charge in [0.05, 0.1) is 0 Å². The van der Waals surface area contributed by atoms with E-state index in [1.807, 2.05) is 12.1 Å². The second-order valence-electron chi connectivity index (χ2n) is 3.85. The lowest BCUT2D eigenvalue weighted by Gasteiger charge is -2.10. The molecule has 0 aliphatic rings. The molecule has 3 nitrogen and oxygen atoms in total. The molecule has 0 radical (unpaired) electrons. The summed E-state index contributed by atoms with van der Waals surface area (Å²) >= 11 is 5.83. The molecule has 0 aliphatic carbocycles. The predicted octanol–water partition coefficient (Wildman–Crippen LogP) is 2.75. The first-order valence-corrected chi connectivity index (χ1v) is 5.91. The highest BCUT2D eigenvalue weighted by Crippen LogP contribution is 2.20. The van der Waals surface area contributed by atoms with Crippen LogP contribution in [0.5, 0.6) is 0 Å². The molecule has 4 heteroatoms. The van der Waals surface area contributed by atoms with E-state index in [1.165, 1.54) is 0 Å². The molecule has 0 saturated heterocycles. The number of nitrogens with one attached hydrogen (secondary N) is 1. The van der Waals surface area contributed by atoms with Gasteiger partial charge in [-0.1, -0.05) is 31.0 Å². The third-order valence-electron chi connectivity index (χ3n) is 2.53. The van der Waals surface area contributed by atoms with Crippen molar-refractivity contribution in [1.29, 1.82) is 0 Å². The monoisotopic (exact) mass is 240 g/mol. The van der Waals surface area contributed by atoms with Crippen molar-refractivity contribution in [3.63, 3.8) is 0 Å². The van der Waals surface area contributed by atoms with Crippen LogP contribution in [-0.4, -0.2) is 17.9 Å². The predicted molar refractivity (Wildman–Crippen MR) is 65.6 cm³/mol. The largest absolute Gasteiger partial charge is 0.359 e. The Labute approximate surface area is 101 Å². The van der Waals surface area contributed by atoms with Crippen molar-refractivity contribution in [2.75, 3.05) is 6.54 Å². The standard InChI is InChI=1S/C12H17ClN2O/c1-10(5-2-3-8-14-9-16)11-6-4-7-12(13)15-11/h4,6-7,9-10H,2-3,5,8H2,1H3,(H,14,16). The Morgan fingerprint density at radius 1 is 1.50 bits per heavy atom. The van der Waals surface area contributed by atoms with Crippen LogP contribution in [0, 0.1) is 0 Å². The van der Waals surface area contributed by atoms with Crippen LogP contribution in [0.2, 0.25) is 5.15 Å². The number of hydrogen-bond acceptors (Lipinski definition) is 2. The topological polar surface area (TPSA) is 42.0 Å². The molecule has 1 aromatic rings. The van der Waals surface area contributed by atoms with Gasteiger partial charge in [-0.3, -0.25) is 4.79 Å². The van der Waals surface area contributed by atoms with E-state index in [4.69, 9.17) is 11.6 Å². The molecule has 1 N–H and O–H groups in total. The summed E-state index contributed by atoms with van der Waals surface area (Å²) < 4.78 is 0. The molecule has 0 aromatic carbocycles. The molecule has 1 rings (SSSR count). The molecule has 0 fully saturated rings. The average molecular weight is 241 g/mol. The van der Waals surface area contributed by atoms with Crippen LogP contribution in [-0.2, 0) is 4.79 Å². The lowest BCUT2D eigenvalue weighted by atomic mass is 10.00. The zero-order valence-corrected chi connectivity index (χ0v) is 10.2. The molecule has 1 amide bonds. The van der Waals surface area contributed by atoms with Gasteiger partial charge >= 0.3 is 0 Å². The van der Waals surface area contributed by atoms with Crippen LogP contribution in [0.25, 0.3) is 0 Å². The van der Waals surface area contributed by atoms with Crippen molar-refractivity contribution in [3.05, 3.63) is 29.0 Å². The quantitative estimate of drug-likeness (QED) is 0.452. The molecule has 1 unspecified atom stereocenters.